The van der Waals surface area contributed by atoms with E-state index in [0.717, 1.165) is 0 Å². The molecule has 0 aromatic carbocycles. The van der Waals surface area contributed by atoms with Crippen molar-refractivity contribution in [3.05, 3.63) is 12.7 Å². The van der Waals surface area contributed by atoms with E-state index in [4.69, 9.17) is 14.2 Å². The molecule has 5 atom stereocenters. The molecule has 1 fully saturated rings. The minimum absolute atomic E-state index is 0.192. The third kappa shape index (κ3) is 3.50. The molecule has 0 amide bonds. The number of aliphatic hydroxyl groups is 2. The van der Waals surface area contributed by atoms with Crippen LogP contribution in [0.3, 0.4) is 0 Å². The van der Waals surface area contributed by atoms with Crippen LogP contribution < -0.4 is 0 Å². The van der Waals surface area contributed by atoms with Crippen molar-refractivity contribution >= 4 is 5.97 Å². The molecular formula is C11H18O6. The van der Waals surface area contributed by atoms with Crippen molar-refractivity contribution in [2.45, 2.75) is 44.6 Å². The first kappa shape index (κ1) is 14.1. The smallest absolute Gasteiger partial charge is 0.303 e. The lowest BCUT2D eigenvalue weighted by Gasteiger charge is -2.40. The Morgan fingerprint density at radius 2 is 2.12 bits per heavy atom. The molecule has 0 saturated carbocycles. The molecule has 1 aliphatic rings. The van der Waals surface area contributed by atoms with Gasteiger partial charge < -0.3 is 24.4 Å². The highest BCUT2D eigenvalue weighted by molar-refractivity contribution is 5.66. The van der Waals surface area contributed by atoms with Crippen molar-refractivity contribution in [3.8, 4) is 0 Å². The molecule has 1 heterocycles. The monoisotopic (exact) mass is 246 g/mol. The summed E-state index contributed by atoms with van der Waals surface area (Å²) in [6, 6.07) is 0. The van der Waals surface area contributed by atoms with Crippen molar-refractivity contribution in [2.75, 3.05) is 6.61 Å². The number of hydrogen-bond acceptors (Lipinski definition) is 6. The number of carbonyl (C=O) groups excluding carboxylic acids is 1. The number of ether oxygens (including phenoxy) is 3. The van der Waals surface area contributed by atoms with E-state index >= 15 is 0 Å². The molecule has 0 aliphatic carbocycles. The topological polar surface area (TPSA) is 85.2 Å². The van der Waals surface area contributed by atoms with Crippen LogP contribution in [-0.2, 0) is 19.0 Å². The molecule has 0 bridgehead atoms. The van der Waals surface area contributed by atoms with Crippen LogP contribution in [0.15, 0.2) is 12.7 Å². The molecule has 1 saturated heterocycles. The van der Waals surface area contributed by atoms with Crippen molar-refractivity contribution in [1.29, 1.82) is 0 Å². The Morgan fingerprint density at radius 3 is 2.65 bits per heavy atom. The summed E-state index contributed by atoms with van der Waals surface area (Å²) in [5.74, 6) is -0.577. The second kappa shape index (κ2) is 6.11. The number of aliphatic hydroxyl groups excluding tert-OH is 2. The summed E-state index contributed by atoms with van der Waals surface area (Å²) < 4.78 is 15.5. The molecule has 0 aromatic rings. The van der Waals surface area contributed by atoms with Crippen LogP contribution in [0, 0.1) is 0 Å². The zero-order chi connectivity index (χ0) is 13.0. The van der Waals surface area contributed by atoms with E-state index < -0.39 is 36.7 Å². The van der Waals surface area contributed by atoms with Crippen LogP contribution in [0.4, 0.5) is 0 Å². The summed E-state index contributed by atoms with van der Waals surface area (Å²) in [5.41, 5.74) is 0. The number of carbonyl (C=O) groups is 1. The third-order valence-electron chi connectivity index (χ3n) is 2.46. The maximum Gasteiger partial charge on any atom is 0.303 e. The van der Waals surface area contributed by atoms with Gasteiger partial charge in [0.05, 0.1) is 12.7 Å². The molecular weight excluding hydrogens is 228 g/mol. The van der Waals surface area contributed by atoms with Crippen molar-refractivity contribution in [2.24, 2.45) is 0 Å². The Labute approximate surface area is 99.8 Å². The minimum Gasteiger partial charge on any atom is -0.454 e. The first-order chi connectivity index (χ1) is 7.97. The Balaban J connectivity index is 2.74. The summed E-state index contributed by atoms with van der Waals surface area (Å²) in [4.78, 5) is 10.9. The SMILES string of the molecule is C=CCO[C@H]1O[C@@H](C)[C@@H](O)[C@@H](O)[C@@H]1OC(C)=O. The van der Waals surface area contributed by atoms with Crippen molar-refractivity contribution in [3.63, 3.8) is 0 Å². The summed E-state index contributed by atoms with van der Waals surface area (Å²) >= 11 is 0. The molecule has 1 aliphatic heterocycles. The number of hydrogen-bond donors (Lipinski definition) is 2. The van der Waals surface area contributed by atoms with Crippen LogP contribution >= 0.6 is 0 Å². The van der Waals surface area contributed by atoms with Gasteiger partial charge in [-0.3, -0.25) is 4.79 Å². The summed E-state index contributed by atoms with van der Waals surface area (Å²) in [6.07, 6.45) is -3.41. The van der Waals surface area contributed by atoms with E-state index in [0.29, 0.717) is 0 Å². The highest BCUT2D eigenvalue weighted by atomic mass is 16.7. The van der Waals surface area contributed by atoms with Gasteiger partial charge in [0, 0.05) is 6.92 Å². The van der Waals surface area contributed by atoms with Gasteiger partial charge in [0.15, 0.2) is 12.4 Å². The normalized spacial score (nSPS) is 37.5. The predicted molar refractivity (Wildman–Crippen MR) is 58.1 cm³/mol. The van der Waals surface area contributed by atoms with Crippen LogP contribution in [-0.4, -0.2) is 53.5 Å². The van der Waals surface area contributed by atoms with E-state index in [1.807, 2.05) is 0 Å². The van der Waals surface area contributed by atoms with Gasteiger partial charge in [0.2, 0.25) is 0 Å². The first-order valence-corrected chi connectivity index (χ1v) is 5.38. The van der Waals surface area contributed by atoms with Gasteiger partial charge in [-0.05, 0) is 6.92 Å². The molecule has 98 valence electrons. The van der Waals surface area contributed by atoms with E-state index in [1.54, 1.807) is 6.92 Å². The second-order valence-electron chi connectivity index (χ2n) is 3.89. The summed E-state index contributed by atoms with van der Waals surface area (Å²) in [5, 5.41) is 19.4. The molecule has 6 heteroatoms. The fraction of sp³-hybridized carbons (Fsp3) is 0.727. The summed E-state index contributed by atoms with van der Waals surface area (Å²) in [7, 11) is 0. The zero-order valence-electron chi connectivity index (χ0n) is 9.91. The molecule has 6 nitrogen and oxygen atoms in total. The lowest BCUT2D eigenvalue weighted by Crippen LogP contribution is -2.58. The fourth-order valence-electron chi connectivity index (χ4n) is 1.62. The maximum atomic E-state index is 10.9. The van der Waals surface area contributed by atoms with E-state index in [-0.39, 0.29) is 6.61 Å². The van der Waals surface area contributed by atoms with Gasteiger partial charge in [-0.1, -0.05) is 6.08 Å². The van der Waals surface area contributed by atoms with Crippen LogP contribution in [0.1, 0.15) is 13.8 Å². The van der Waals surface area contributed by atoms with Crippen LogP contribution in [0.2, 0.25) is 0 Å². The van der Waals surface area contributed by atoms with Crippen LogP contribution in [0.5, 0.6) is 0 Å². The quantitative estimate of drug-likeness (QED) is 0.518. The van der Waals surface area contributed by atoms with Crippen LogP contribution in [0.25, 0.3) is 0 Å². The highest BCUT2D eigenvalue weighted by Gasteiger charge is 2.45. The number of rotatable bonds is 4. The zero-order valence-corrected chi connectivity index (χ0v) is 9.91. The Morgan fingerprint density at radius 1 is 1.47 bits per heavy atom. The molecule has 0 spiro atoms. The van der Waals surface area contributed by atoms with E-state index in [2.05, 4.69) is 6.58 Å². The Hall–Kier alpha value is -0.950. The minimum atomic E-state index is -1.24. The van der Waals surface area contributed by atoms with Gasteiger partial charge in [-0.15, -0.1) is 6.58 Å². The van der Waals surface area contributed by atoms with Gasteiger partial charge >= 0.3 is 5.97 Å². The lowest BCUT2D eigenvalue weighted by atomic mass is 10.00. The molecule has 0 radical (unpaired) electrons. The standard InChI is InChI=1S/C11H18O6/c1-4-5-15-11-10(17-7(3)12)9(14)8(13)6(2)16-11/h4,6,8-11,13-14H,1,5H2,2-3H3/t6-,8+,9+,10-,11-/m0/s1. The second-order valence-corrected chi connectivity index (χ2v) is 3.89. The first-order valence-electron chi connectivity index (χ1n) is 5.38. The molecule has 17 heavy (non-hydrogen) atoms. The van der Waals surface area contributed by atoms with E-state index in [9.17, 15) is 15.0 Å². The molecule has 0 unspecified atom stereocenters. The van der Waals surface area contributed by atoms with Crippen molar-refractivity contribution < 1.29 is 29.2 Å². The van der Waals surface area contributed by atoms with Gasteiger partial charge in [0.1, 0.15) is 12.2 Å². The Kier molecular flexibility index (Phi) is 5.07. The highest BCUT2D eigenvalue weighted by Crippen LogP contribution is 2.24. The number of esters is 1. The third-order valence-corrected chi connectivity index (χ3v) is 2.46. The van der Waals surface area contributed by atoms with E-state index in [1.165, 1.54) is 13.0 Å². The molecule has 1 rings (SSSR count). The predicted octanol–water partition coefficient (Wildman–Crippen LogP) is -0.413. The Bertz CT molecular complexity index is 279. The van der Waals surface area contributed by atoms with Gasteiger partial charge in [-0.2, -0.15) is 0 Å². The van der Waals surface area contributed by atoms with Gasteiger partial charge in [-0.25, -0.2) is 0 Å². The maximum absolute atomic E-state index is 10.9. The average molecular weight is 246 g/mol. The lowest BCUT2D eigenvalue weighted by molar-refractivity contribution is -0.293. The van der Waals surface area contributed by atoms with Crippen molar-refractivity contribution in [1.82, 2.24) is 0 Å². The molecule has 2 N–H and O–H groups in total. The van der Waals surface area contributed by atoms with Gasteiger partial charge in [0.25, 0.3) is 0 Å². The average Bonchev–Trinajstić information content (AvgIpc) is 2.27. The molecule has 0 aromatic heterocycles. The fourth-order valence-corrected chi connectivity index (χ4v) is 1.62. The summed E-state index contributed by atoms with van der Waals surface area (Å²) in [6.45, 7) is 6.49. The largest absolute Gasteiger partial charge is 0.454 e.